The number of carbonyl (C=O) groups is 1. The molecule has 9 heteroatoms. The molecule has 0 saturated carbocycles. The quantitative estimate of drug-likeness (QED) is 0.566. The Bertz CT molecular complexity index is 931. The number of carbonyl (C=O) groups excluding carboxylic acids is 1. The maximum atomic E-state index is 12.6. The van der Waals surface area contributed by atoms with Crippen LogP contribution in [0.4, 0.5) is 0 Å². The van der Waals surface area contributed by atoms with E-state index in [1.54, 1.807) is 12.3 Å². The lowest BCUT2D eigenvalue weighted by atomic mass is 10.1. The van der Waals surface area contributed by atoms with Gasteiger partial charge < -0.3 is 14.9 Å². The molecule has 7 nitrogen and oxygen atoms in total. The zero-order valence-electron chi connectivity index (χ0n) is 14.2. The van der Waals surface area contributed by atoms with Crippen molar-refractivity contribution in [2.75, 3.05) is 13.2 Å². The van der Waals surface area contributed by atoms with E-state index in [1.165, 1.54) is 35.6 Å². The second kappa shape index (κ2) is 8.38. The summed E-state index contributed by atoms with van der Waals surface area (Å²) >= 11 is 1.54. The number of sulfonamides is 1. The highest BCUT2D eigenvalue weighted by Crippen LogP contribution is 2.28. The number of benzene rings is 1. The summed E-state index contributed by atoms with van der Waals surface area (Å²) in [5.41, 5.74) is 5.01. The van der Waals surface area contributed by atoms with Crippen LogP contribution in [-0.2, 0) is 14.8 Å². The number of thiophene rings is 1. The number of primary amides is 1. The molecule has 2 aromatic heterocycles. The van der Waals surface area contributed by atoms with Crippen molar-refractivity contribution in [2.45, 2.75) is 10.8 Å². The molecule has 2 heterocycles. The van der Waals surface area contributed by atoms with Gasteiger partial charge in [-0.05, 0) is 47.8 Å². The first-order valence-corrected chi connectivity index (χ1v) is 10.4. The van der Waals surface area contributed by atoms with Gasteiger partial charge in [-0.3, -0.25) is 4.79 Å². The molecule has 0 aliphatic heterocycles. The third kappa shape index (κ3) is 4.97. The van der Waals surface area contributed by atoms with Crippen LogP contribution in [0, 0.1) is 0 Å². The van der Waals surface area contributed by atoms with E-state index in [2.05, 4.69) is 4.72 Å². The second-order valence-corrected chi connectivity index (χ2v) is 8.41. The van der Waals surface area contributed by atoms with E-state index < -0.39 is 15.9 Å². The van der Waals surface area contributed by atoms with Crippen LogP contribution in [0.5, 0.6) is 5.75 Å². The maximum Gasteiger partial charge on any atom is 0.255 e. The van der Waals surface area contributed by atoms with E-state index in [-0.39, 0.29) is 24.0 Å². The summed E-state index contributed by atoms with van der Waals surface area (Å²) in [4.78, 5) is 11.8. The van der Waals surface area contributed by atoms with Crippen LogP contribution in [0.15, 0.2) is 69.5 Å². The fourth-order valence-corrected chi connectivity index (χ4v) is 4.35. The Hall–Kier alpha value is -2.62. The molecule has 3 rings (SSSR count). The van der Waals surface area contributed by atoms with Crippen LogP contribution in [0.2, 0.25) is 0 Å². The molecule has 3 aromatic rings. The first-order valence-electron chi connectivity index (χ1n) is 8.03. The molecule has 1 amide bonds. The van der Waals surface area contributed by atoms with E-state index in [1.807, 2.05) is 23.6 Å². The molecule has 0 radical (unpaired) electrons. The van der Waals surface area contributed by atoms with Gasteiger partial charge in [0.05, 0.1) is 17.1 Å². The lowest BCUT2D eigenvalue weighted by molar-refractivity contribution is -0.119. The summed E-state index contributed by atoms with van der Waals surface area (Å²) in [5.74, 6) is 0.231. The smallest absolute Gasteiger partial charge is 0.255 e. The molecule has 0 fully saturated rings. The summed E-state index contributed by atoms with van der Waals surface area (Å²) < 4.78 is 38.4. The van der Waals surface area contributed by atoms with Gasteiger partial charge in [0.1, 0.15) is 11.5 Å². The summed E-state index contributed by atoms with van der Waals surface area (Å²) in [6.07, 6.45) is 1.56. The van der Waals surface area contributed by atoms with Crippen LogP contribution in [-0.4, -0.2) is 27.5 Å². The Kier molecular flexibility index (Phi) is 5.94. The van der Waals surface area contributed by atoms with Crippen molar-refractivity contribution < 1.29 is 22.4 Å². The minimum absolute atomic E-state index is 0.0956. The van der Waals surface area contributed by atoms with E-state index in [9.17, 15) is 13.2 Å². The van der Waals surface area contributed by atoms with Gasteiger partial charge >= 0.3 is 0 Å². The molecule has 142 valence electrons. The zero-order valence-corrected chi connectivity index (χ0v) is 15.8. The number of rotatable bonds is 9. The molecule has 0 saturated heterocycles. The van der Waals surface area contributed by atoms with Crippen molar-refractivity contribution in [1.82, 2.24) is 4.72 Å². The van der Waals surface area contributed by atoms with Gasteiger partial charge in [0.25, 0.3) is 5.91 Å². The lowest BCUT2D eigenvalue weighted by Crippen LogP contribution is -2.28. The Morgan fingerprint density at radius 1 is 1.19 bits per heavy atom. The number of nitrogens with two attached hydrogens (primary N) is 1. The molecule has 1 atom stereocenters. The molecule has 0 aliphatic carbocycles. The summed E-state index contributed by atoms with van der Waals surface area (Å²) in [7, 11) is -3.72. The largest absolute Gasteiger partial charge is 0.484 e. The van der Waals surface area contributed by atoms with E-state index in [4.69, 9.17) is 14.9 Å². The summed E-state index contributed by atoms with van der Waals surface area (Å²) in [6.45, 7) is -0.105. The third-order valence-electron chi connectivity index (χ3n) is 3.77. The van der Waals surface area contributed by atoms with Crippen molar-refractivity contribution in [3.05, 3.63) is 70.8 Å². The molecule has 0 spiro atoms. The first kappa shape index (κ1) is 19.2. The highest BCUT2D eigenvalue weighted by Gasteiger charge is 2.22. The van der Waals surface area contributed by atoms with Crippen molar-refractivity contribution in [3.8, 4) is 5.75 Å². The second-order valence-electron chi connectivity index (χ2n) is 5.66. The molecule has 0 unspecified atom stereocenters. The topological polar surface area (TPSA) is 112 Å². The molecule has 1 aromatic carbocycles. The number of nitrogens with one attached hydrogen (secondary N) is 1. The van der Waals surface area contributed by atoms with Crippen LogP contribution in [0.1, 0.15) is 16.6 Å². The number of ether oxygens (including phenoxy) is 1. The van der Waals surface area contributed by atoms with Crippen LogP contribution in [0.3, 0.4) is 0 Å². The monoisotopic (exact) mass is 406 g/mol. The van der Waals surface area contributed by atoms with Crippen LogP contribution < -0.4 is 15.2 Å². The number of furan rings is 1. The molecule has 0 aliphatic rings. The van der Waals surface area contributed by atoms with Gasteiger partial charge in [-0.1, -0.05) is 6.07 Å². The minimum Gasteiger partial charge on any atom is -0.484 e. The van der Waals surface area contributed by atoms with Gasteiger partial charge in [-0.15, -0.1) is 11.3 Å². The van der Waals surface area contributed by atoms with E-state index in [0.29, 0.717) is 11.5 Å². The zero-order chi connectivity index (χ0) is 19.3. The maximum absolute atomic E-state index is 12.6. The lowest BCUT2D eigenvalue weighted by Gasteiger charge is -2.14. The van der Waals surface area contributed by atoms with Crippen molar-refractivity contribution >= 4 is 27.3 Å². The first-order chi connectivity index (χ1) is 13.0. The van der Waals surface area contributed by atoms with E-state index >= 15 is 0 Å². The Labute approximate surface area is 160 Å². The van der Waals surface area contributed by atoms with Crippen LogP contribution in [0.25, 0.3) is 0 Å². The average molecular weight is 406 g/mol. The Morgan fingerprint density at radius 3 is 2.56 bits per heavy atom. The fraction of sp³-hybridized carbons (Fsp3) is 0.167. The molecular weight excluding hydrogens is 388 g/mol. The Morgan fingerprint density at radius 2 is 1.96 bits per heavy atom. The summed E-state index contributed by atoms with van der Waals surface area (Å²) in [5, 5.41) is 1.94. The van der Waals surface area contributed by atoms with Gasteiger partial charge in [0.2, 0.25) is 10.0 Å². The van der Waals surface area contributed by atoms with Crippen molar-refractivity contribution in [2.24, 2.45) is 5.73 Å². The van der Waals surface area contributed by atoms with E-state index in [0.717, 1.165) is 4.88 Å². The predicted molar refractivity (Wildman–Crippen MR) is 101 cm³/mol. The SMILES string of the molecule is NC(=O)COc1ccc(S(=O)(=O)NC[C@@H](c2ccco2)c2cccs2)cc1. The van der Waals surface area contributed by atoms with Gasteiger partial charge in [-0.25, -0.2) is 13.1 Å². The number of hydrogen-bond acceptors (Lipinski definition) is 6. The minimum atomic E-state index is -3.72. The van der Waals surface area contributed by atoms with Crippen molar-refractivity contribution in [3.63, 3.8) is 0 Å². The third-order valence-corrected chi connectivity index (χ3v) is 6.19. The number of hydrogen-bond donors (Lipinski definition) is 2. The average Bonchev–Trinajstić information content (AvgIpc) is 3.35. The molecular formula is C18H18N2O5S2. The van der Waals surface area contributed by atoms with Gasteiger partial charge in [0.15, 0.2) is 6.61 Å². The fourth-order valence-electron chi connectivity index (χ4n) is 2.47. The van der Waals surface area contributed by atoms with Gasteiger partial charge in [-0.2, -0.15) is 0 Å². The summed E-state index contributed by atoms with van der Waals surface area (Å²) in [6, 6.07) is 13.2. The predicted octanol–water partition coefficient (Wildman–Crippen LogP) is 2.32. The molecule has 0 bridgehead atoms. The number of amides is 1. The molecule has 3 N–H and O–H groups in total. The molecule has 27 heavy (non-hydrogen) atoms. The Balaban J connectivity index is 1.71. The highest BCUT2D eigenvalue weighted by molar-refractivity contribution is 7.89. The van der Waals surface area contributed by atoms with Crippen LogP contribution >= 0.6 is 11.3 Å². The van der Waals surface area contributed by atoms with Gasteiger partial charge in [0, 0.05) is 11.4 Å². The standard InChI is InChI=1S/C18H18N2O5S2/c19-18(21)12-25-13-5-7-14(8-6-13)27(22,23)20-11-15(16-3-1-9-24-16)17-4-2-10-26-17/h1-10,15,20H,11-12H2,(H2,19,21)/t15-/m0/s1. The highest BCUT2D eigenvalue weighted by atomic mass is 32.2. The van der Waals surface area contributed by atoms with Crippen molar-refractivity contribution in [1.29, 1.82) is 0 Å². The normalized spacial score (nSPS) is 12.6.